The van der Waals surface area contributed by atoms with Gasteiger partial charge in [-0.15, -0.1) is 0 Å². The maximum Gasteiger partial charge on any atom is 0.472 e. The standard InChI is InChI=1S/C56H87O11P/c1-4-7-10-13-16-19-22-25-26-29-32-35-38-41-44-47-56(60)67-53(49-63-54(58)45-42-39-36-33-30-27-23-20-17-14-11-8-5-2)51-65-68(61,62)64-50-52(48-57)66-55(59)46-43-40-37-34-31-28-24-21-18-15-12-9-6-3/h7-12,16-21,25-28,30-32,35,37,40,52-53,57H,4-6,13-15,22-24,29,33-34,36,38-39,41-51H2,1-3H3,(H,61,62)/b10-7-,11-8-,12-9-,19-16-,20-17-,21-18-,26-25-,30-27-,31-28-,35-32-,40-37-. The van der Waals surface area contributed by atoms with Crippen LogP contribution in [-0.4, -0.2) is 66.5 Å². The topological polar surface area (TPSA) is 155 Å². The maximum atomic E-state index is 12.8. The predicted molar refractivity (Wildman–Crippen MR) is 279 cm³/mol. The zero-order valence-corrected chi connectivity index (χ0v) is 42.7. The Hall–Kier alpha value is -4.38. The Kier molecular flexibility index (Phi) is 45.9. The van der Waals surface area contributed by atoms with Crippen LogP contribution in [0.2, 0.25) is 0 Å². The molecule has 0 aromatic rings. The van der Waals surface area contributed by atoms with Gasteiger partial charge in [0.2, 0.25) is 0 Å². The lowest BCUT2D eigenvalue weighted by atomic mass is 10.1. The van der Waals surface area contributed by atoms with E-state index in [1.165, 1.54) is 0 Å². The van der Waals surface area contributed by atoms with Crippen LogP contribution in [0.25, 0.3) is 0 Å². The molecule has 3 unspecified atom stereocenters. The highest BCUT2D eigenvalue weighted by Crippen LogP contribution is 2.43. The second kappa shape index (κ2) is 49.1. The van der Waals surface area contributed by atoms with Crippen LogP contribution in [0.15, 0.2) is 134 Å². The largest absolute Gasteiger partial charge is 0.472 e. The van der Waals surface area contributed by atoms with E-state index in [-0.39, 0.29) is 25.9 Å². The van der Waals surface area contributed by atoms with Gasteiger partial charge in [0, 0.05) is 19.3 Å². The predicted octanol–water partition coefficient (Wildman–Crippen LogP) is 14.2. The quantitative estimate of drug-likeness (QED) is 0.0197. The van der Waals surface area contributed by atoms with Crippen molar-refractivity contribution in [3.05, 3.63) is 134 Å². The molecule has 0 bridgehead atoms. The zero-order valence-electron chi connectivity index (χ0n) is 41.8. The number of hydrogen-bond donors (Lipinski definition) is 2. The molecule has 0 rings (SSSR count). The first-order chi connectivity index (χ1) is 33.2. The second-order valence-electron chi connectivity index (χ2n) is 15.8. The summed E-state index contributed by atoms with van der Waals surface area (Å²) in [6, 6.07) is 0. The monoisotopic (exact) mass is 967 g/mol. The fraction of sp³-hybridized carbons (Fsp3) is 0.554. The van der Waals surface area contributed by atoms with E-state index in [1.807, 2.05) is 18.2 Å². The smallest absolute Gasteiger partial charge is 0.462 e. The summed E-state index contributed by atoms with van der Waals surface area (Å²) in [5.41, 5.74) is 0. The van der Waals surface area contributed by atoms with Crippen LogP contribution < -0.4 is 0 Å². The van der Waals surface area contributed by atoms with E-state index in [9.17, 15) is 28.9 Å². The van der Waals surface area contributed by atoms with Gasteiger partial charge in [0.25, 0.3) is 0 Å². The van der Waals surface area contributed by atoms with Gasteiger partial charge in [0.1, 0.15) is 12.7 Å². The molecule has 0 radical (unpaired) electrons. The number of unbranched alkanes of at least 4 members (excludes halogenated alkanes) is 5. The van der Waals surface area contributed by atoms with Gasteiger partial charge in [0.05, 0.1) is 19.8 Å². The van der Waals surface area contributed by atoms with Crippen LogP contribution in [-0.2, 0) is 42.2 Å². The van der Waals surface area contributed by atoms with Crippen molar-refractivity contribution in [2.45, 2.75) is 174 Å². The number of esters is 3. The number of aliphatic hydroxyl groups excluding tert-OH is 1. The van der Waals surface area contributed by atoms with Gasteiger partial charge >= 0.3 is 25.7 Å². The number of aliphatic hydroxyl groups is 1. The van der Waals surface area contributed by atoms with Gasteiger partial charge in [0.15, 0.2) is 6.10 Å². The molecular weight excluding hydrogens is 880 g/mol. The molecule has 0 fully saturated rings. The third-order valence-corrected chi connectivity index (χ3v) is 10.5. The minimum absolute atomic E-state index is 0.0430. The molecule has 3 atom stereocenters. The van der Waals surface area contributed by atoms with Gasteiger partial charge in [-0.05, 0) is 116 Å². The number of phosphoric acid groups is 1. The number of allylic oxidation sites excluding steroid dienone is 22. The highest BCUT2D eigenvalue weighted by atomic mass is 31.2. The number of ether oxygens (including phenoxy) is 3. The van der Waals surface area contributed by atoms with E-state index in [4.69, 9.17) is 23.3 Å². The van der Waals surface area contributed by atoms with Gasteiger partial charge in [-0.3, -0.25) is 23.4 Å². The molecule has 11 nitrogen and oxygen atoms in total. The fourth-order valence-electron chi connectivity index (χ4n) is 5.84. The number of rotatable bonds is 44. The van der Waals surface area contributed by atoms with Crippen molar-refractivity contribution in [2.75, 3.05) is 26.4 Å². The molecule has 0 spiro atoms. The van der Waals surface area contributed by atoms with E-state index in [0.717, 1.165) is 103 Å². The Morgan fingerprint density at radius 1 is 0.412 bits per heavy atom. The van der Waals surface area contributed by atoms with Crippen LogP contribution in [0.1, 0.15) is 162 Å². The zero-order chi connectivity index (χ0) is 49.9. The summed E-state index contributed by atoms with van der Waals surface area (Å²) in [4.78, 5) is 48.2. The van der Waals surface area contributed by atoms with Gasteiger partial charge < -0.3 is 24.2 Å². The van der Waals surface area contributed by atoms with Crippen molar-refractivity contribution >= 4 is 25.7 Å². The van der Waals surface area contributed by atoms with Crippen molar-refractivity contribution < 1.29 is 52.2 Å². The maximum absolute atomic E-state index is 12.8. The minimum Gasteiger partial charge on any atom is -0.462 e. The lowest BCUT2D eigenvalue weighted by Gasteiger charge is -2.21. The third-order valence-electron chi connectivity index (χ3n) is 9.56. The van der Waals surface area contributed by atoms with Crippen molar-refractivity contribution in [1.29, 1.82) is 0 Å². The average Bonchev–Trinajstić information content (AvgIpc) is 3.32. The number of carbonyl (C=O) groups is 3. The molecule has 382 valence electrons. The summed E-state index contributed by atoms with van der Waals surface area (Å²) in [6.07, 6.45) is 60.2. The summed E-state index contributed by atoms with van der Waals surface area (Å²) >= 11 is 0. The van der Waals surface area contributed by atoms with E-state index in [0.29, 0.717) is 19.3 Å². The van der Waals surface area contributed by atoms with E-state index in [2.05, 4.69) is 136 Å². The molecule has 0 saturated carbocycles. The fourth-order valence-corrected chi connectivity index (χ4v) is 6.63. The molecule has 0 aliphatic carbocycles. The Morgan fingerprint density at radius 2 is 0.750 bits per heavy atom. The molecule has 0 heterocycles. The van der Waals surface area contributed by atoms with Gasteiger partial charge in [-0.2, -0.15) is 0 Å². The van der Waals surface area contributed by atoms with Gasteiger partial charge in [-0.25, -0.2) is 4.57 Å². The lowest BCUT2D eigenvalue weighted by molar-refractivity contribution is -0.161. The lowest BCUT2D eigenvalue weighted by Crippen LogP contribution is -2.30. The Balaban J connectivity index is 4.95. The van der Waals surface area contributed by atoms with Crippen LogP contribution in [0, 0.1) is 0 Å². The van der Waals surface area contributed by atoms with E-state index in [1.54, 1.807) is 0 Å². The molecule has 0 aromatic heterocycles. The molecule has 0 aromatic carbocycles. The van der Waals surface area contributed by atoms with Crippen molar-refractivity contribution in [3.8, 4) is 0 Å². The van der Waals surface area contributed by atoms with Gasteiger partial charge in [-0.1, -0.05) is 161 Å². The minimum atomic E-state index is -4.79. The number of hydrogen-bond acceptors (Lipinski definition) is 10. The first-order valence-corrected chi connectivity index (χ1v) is 26.6. The molecular formula is C56H87O11P. The van der Waals surface area contributed by atoms with Crippen molar-refractivity contribution in [1.82, 2.24) is 0 Å². The Labute approximate surface area is 410 Å². The van der Waals surface area contributed by atoms with Crippen molar-refractivity contribution in [3.63, 3.8) is 0 Å². The molecule has 0 aliphatic heterocycles. The van der Waals surface area contributed by atoms with E-state index < -0.39 is 57.8 Å². The second-order valence-corrected chi connectivity index (χ2v) is 17.3. The molecule has 0 aliphatic rings. The summed E-state index contributed by atoms with van der Waals surface area (Å²) in [7, 11) is -4.79. The summed E-state index contributed by atoms with van der Waals surface area (Å²) in [5, 5.41) is 9.75. The van der Waals surface area contributed by atoms with Crippen molar-refractivity contribution in [2.24, 2.45) is 0 Å². The SMILES string of the molecule is CC/C=C\C/C=C\C/C=C\C/C=C\CCCCC(=O)OC(COC(=O)CCCCC/C=C\C/C=C\C/C=C\CC)COP(=O)(O)OCC(CO)OC(=O)CC/C=C\C/C=C\C/C=C\C/C=C\CC. The van der Waals surface area contributed by atoms with Crippen LogP contribution >= 0.6 is 7.82 Å². The summed E-state index contributed by atoms with van der Waals surface area (Å²) < 4.78 is 39.1. The summed E-state index contributed by atoms with van der Waals surface area (Å²) in [6.45, 7) is 4.08. The first kappa shape index (κ1) is 63.6. The molecule has 0 amide bonds. The van der Waals surface area contributed by atoms with E-state index >= 15 is 0 Å². The average molecular weight is 967 g/mol. The van der Waals surface area contributed by atoms with Crippen LogP contribution in [0.3, 0.4) is 0 Å². The molecule has 68 heavy (non-hydrogen) atoms. The number of carbonyl (C=O) groups excluding carboxylic acids is 3. The highest BCUT2D eigenvalue weighted by molar-refractivity contribution is 7.47. The first-order valence-electron chi connectivity index (χ1n) is 25.1. The Bertz CT molecular complexity index is 1650. The third kappa shape index (κ3) is 46.7. The molecule has 12 heteroatoms. The molecule has 2 N–H and O–H groups in total. The number of phosphoric ester groups is 1. The van der Waals surface area contributed by atoms with Crippen LogP contribution in [0.5, 0.6) is 0 Å². The Morgan fingerprint density at radius 3 is 1.19 bits per heavy atom. The normalized spacial score (nSPS) is 14.6. The van der Waals surface area contributed by atoms with Crippen LogP contribution in [0.4, 0.5) is 0 Å². The highest BCUT2D eigenvalue weighted by Gasteiger charge is 2.28. The molecule has 0 saturated heterocycles. The summed E-state index contributed by atoms with van der Waals surface area (Å²) in [5.74, 6) is -1.66.